The molecule has 10 heteroatoms. The van der Waals surface area contributed by atoms with E-state index in [1.165, 1.54) is 0 Å². The van der Waals surface area contributed by atoms with Crippen LogP contribution in [0.3, 0.4) is 0 Å². The average molecular weight is 523 g/mol. The number of halogens is 1. The van der Waals surface area contributed by atoms with Crippen molar-refractivity contribution in [1.29, 1.82) is 0 Å². The molecule has 4 aromatic heterocycles. The number of pyridine rings is 4. The maximum Gasteiger partial charge on any atom is 1.00 e. The third kappa shape index (κ3) is 6.40. The van der Waals surface area contributed by atoms with Crippen molar-refractivity contribution < 1.29 is 45.9 Å². The molecule has 0 saturated carbocycles. The molecule has 6 rings (SSSR count). The van der Waals surface area contributed by atoms with E-state index in [1.54, 1.807) is 24.8 Å². The zero-order valence-corrected chi connectivity index (χ0v) is 19.0. The van der Waals surface area contributed by atoms with Gasteiger partial charge in [0, 0.05) is 46.3 Å². The van der Waals surface area contributed by atoms with Crippen LogP contribution in [0.2, 0.25) is 0 Å². The first-order chi connectivity index (χ1) is 15.9. The van der Waals surface area contributed by atoms with Crippen LogP contribution in [0.15, 0.2) is 97.6 Å². The summed E-state index contributed by atoms with van der Waals surface area (Å²) < 4.78 is 34.0. The minimum atomic E-state index is -4.94. The number of benzene rings is 2. The first-order valence-corrected chi connectivity index (χ1v) is 10.9. The van der Waals surface area contributed by atoms with Gasteiger partial charge in [0.25, 0.3) is 0 Å². The second-order valence-electron chi connectivity index (χ2n) is 6.81. The van der Waals surface area contributed by atoms with Crippen LogP contribution in [-0.4, -0.2) is 19.9 Å². The van der Waals surface area contributed by atoms with Crippen molar-refractivity contribution in [2.45, 2.75) is 0 Å². The third-order valence-corrected chi connectivity index (χ3v) is 4.69. The summed E-state index contributed by atoms with van der Waals surface area (Å²) in [5, 5.41) is 4.55. The largest absolute Gasteiger partial charge is 1.00 e. The molecule has 0 aliphatic carbocycles. The number of aromatic nitrogens is 4. The van der Waals surface area contributed by atoms with Crippen molar-refractivity contribution in [3.63, 3.8) is 0 Å². The van der Waals surface area contributed by atoms with Crippen molar-refractivity contribution >= 4 is 43.6 Å². The Labute approximate surface area is 206 Å². The van der Waals surface area contributed by atoms with Gasteiger partial charge in [0.05, 0.1) is 22.1 Å². The quantitative estimate of drug-likeness (QED) is 0.210. The van der Waals surface area contributed by atoms with Crippen LogP contribution in [0.5, 0.6) is 0 Å². The topological polar surface area (TPSA) is 144 Å². The van der Waals surface area contributed by atoms with Crippen molar-refractivity contribution in [1.82, 2.24) is 19.9 Å². The summed E-state index contributed by atoms with van der Waals surface area (Å²) in [6.45, 7) is 0. The Bertz CT molecular complexity index is 1320. The molecule has 0 unspecified atom stereocenters. The van der Waals surface area contributed by atoms with E-state index in [2.05, 4.69) is 68.5 Å². The zero-order chi connectivity index (χ0) is 23.3. The van der Waals surface area contributed by atoms with E-state index in [4.69, 9.17) is 18.6 Å². The molecule has 0 aliphatic heterocycles. The van der Waals surface area contributed by atoms with Crippen LogP contribution >= 0.6 is 0 Å². The van der Waals surface area contributed by atoms with Crippen LogP contribution < -0.4 is 18.6 Å². The minimum Gasteiger partial charge on any atom is -0.254 e. The first kappa shape index (κ1) is 25.4. The SMILES string of the molecule is [Cu+].[O-][Cl+3]([O-])([O-])[O-].c1cnc2c(c1)ccc1cccnc12.c1cnc2c(c1)ccc1cccnc12. The Kier molecular flexibility index (Phi) is 8.38. The smallest absolute Gasteiger partial charge is 0.254 e. The Morgan fingerprint density at radius 3 is 0.824 bits per heavy atom. The molecule has 0 radical (unpaired) electrons. The van der Waals surface area contributed by atoms with E-state index >= 15 is 0 Å². The van der Waals surface area contributed by atoms with Crippen molar-refractivity contribution in [3.05, 3.63) is 97.6 Å². The van der Waals surface area contributed by atoms with Gasteiger partial charge in [0.1, 0.15) is 0 Å². The van der Waals surface area contributed by atoms with Gasteiger partial charge in [-0.25, -0.2) is 18.6 Å². The molecule has 0 bridgehead atoms. The molecular weight excluding hydrogens is 507 g/mol. The molecule has 0 aliphatic rings. The molecule has 4 heterocycles. The minimum absolute atomic E-state index is 0. The van der Waals surface area contributed by atoms with Gasteiger partial charge in [-0.15, -0.1) is 10.2 Å². The van der Waals surface area contributed by atoms with Crippen molar-refractivity contribution in [2.75, 3.05) is 0 Å². The van der Waals surface area contributed by atoms with E-state index in [9.17, 15) is 0 Å². The fraction of sp³-hybridized carbons (Fsp3) is 0. The summed E-state index contributed by atoms with van der Waals surface area (Å²) in [5.41, 5.74) is 3.91. The van der Waals surface area contributed by atoms with Gasteiger partial charge in [0.15, 0.2) is 0 Å². The summed E-state index contributed by atoms with van der Waals surface area (Å²) in [6.07, 6.45) is 7.21. The fourth-order valence-electron chi connectivity index (χ4n) is 3.36. The Hall–Kier alpha value is -3.27. The number of hydrogen-bond donors (Lipinski definition) is 0. The second kappa shape index (κ2) is 11.2. The Balaban J connectivity index is 0.000000156. The summed E-state index contributed by atoms with van der Waals surface area (Å²) >= 11 is 0. The summed E-state index contributed by atoms with van der Waals surface area (Å²) in [4.78, 5) is 17.4. The van der Waals surface area contributed by atoms with Gasteiger partial charge >= 0.3 is 17.1 Å². The number of fused-ring (bicyclic) bond motifs is 6. The van der Waals surface area contributed by atoms with Gasteiger partial charge in [-0.1, -0.05) is 48.5 Å². The predicted molar refractivity (Wildman–Crippen MR) is 114 cm³/mol. The van der Waals surface area contributed by atoms with E-state index < -0.39 is 10.2 Å². The Morgan fingerprint density at radius 1 is 0.412 bits per heavy atom. The standard InChI is InChI=1S/2C12H8N2.ClHO4.Cu/c2*1-3-9-5-6-10-4-2-8-14-12(10)11(9)13-7-1;2-1(3,4)5;/h2*1-8H;(H,2,3,4,5);/q;;;+1/p-1. The van der Waals surface area contributed by atoms with Crippen LogP contribution in [0.4, 0.5) is 0 Å². The summed E-state index contributed by atoms with van der Waals surface area (Å²) in [6, 6.07) is 24.3. The van der Waals surface area contributed by atoms with Gasteiger partial charge in [-0.3, -0.25) is 19.9 Å². The molecule has 34 heavy (non-hydrogen) atoms. The summed E-state index contributed by atoms with van der Waals surface area (Å²) in [5.74, 6) is 0. The van der Waals surface area contributed by atoms with Gasteiger partial charge in [-0.05, 0) is 24.3 Å². The molecule has 0 fully saturated rings. The zero-order valence-electron chi connectivity index (χ0n) is 17.3. The maximum atomic E-state index is 8.49. The van der Waals surface area contributed by atoms with E-state index in [1.807, 2.05) is 24.3 Å². The molecule has 0 spiro atoms. The van der Waals surface area contributed by atoms with E-state index in [0.717, 1.165) is 43.6 Å². The first-order valence-electron chi connectivity index (χ1n) is 9.69. The molecule has 6 aromatic rings. The second-order valence-corrected chi connectivity index (χ2v) is 7.57. The molecular formula is C24H16ClCuN4O4. The number of nitrogens with zero attached hydrogens (tertiary/aromatic N) is 4. The average Bonchev–Trinajstić information content (AvgIpc) is 2.83. The molecule has 8 nitrogen and oxygen atoms in total. The van der Waals surface area contributed by atoms with E-state index in [-0.39, 0.29) is 17.1 Å². The normalized spacial score (nSPS) is 10.7. The Morgan fingerprint density at radius 2 is 0.618 bits per heavy atom. The molecule has 0 N–H and O–H groups in total. The third-order valence-electron chi connectivity index (χ3n) is 4.69. The van der Waals surface area contributed by atoms with Gasteiger partial charge < -0.3 is 0 Å². The molecule has 2 aromatic carbocycles. The maximum absolute atomic E-state index is 8.49. The van der Waals surface area contributed by atoms with E-state index in [0.29, 0.717) is 0 Å². The summed E-state index contributed by atoms with van der Waals surface area (Å²) in [7, 11) is -4.94. The van der Waals surface area contributed by atoms with Crippen molar-refractivity contribution in [3.8, 4) is 0 Å². The van der Waals surface area contributed by atoms with Crippen LogP contribution in [0, 0.1) is 10.2 Å². The van der Waals surface area contributed by atoms with Crippen LogP contribution in [-0.2, 0) is 17.1 Å². The van der Waals surface area contributed by atoms with Gasteiger partial charge in [-0.2, -0.15) is 0 Å². The van der Waals surface area contributed by atoms with Crippen molar-refractivity contribution in [2.24, 2.45) is 0 Å². The molecule has 0 atom stereocenters. The molecule has 174 valence electrons. The number of hydrogen-bond acceptors (Lipinski definition) is 8. The van der Waals surface area contributed by atoms with Gasteiger partial charge in [0.2, 0.25) is 0 Å². The fourth-order valence-corrected chi connectivity index (χ4v) is 3.36. The van der Waals surface area contributed by atoms with Crippen LogP contribution in [0.1, 0.15) is 0 Å². The predicted octanol–water partition coefficient (Wildman–Crippen LogP) is 0.808. The molecule has 0 amide bonds. The monoisotopic (exact) mass is 522 g/mol. The number of rotatable bonds is 0. The van der Waals surface area contributed by atoms with Crippen LogP contribution in [0.25, 0.3) is 43.6 Å². The molecule has 0 saturated heterocycles.